The summed E-state index contributed by atoms with van der Waals surface area (Å²) in [4.78, 5) is 0. The monoisotopic (exact) mass is 308 g/mol. The largest absolute Gasteiger partial charge is 0.375 e. The lowest BCUT2D eigenvalue weighted by molar-refractivity contribution is 0.114. The van der Waals surface area contributed by atoms with E-state index in [9.17, 15) is 0 Å². The van der Waals surface area contributed by atoms with Crippen molar-refractivity contribution in [2.24, 2.45) is 0 Å². The maximum Gasteiger partial charge on any atom is 0.101 e. The van der Waals surface area contributed by atoms with Gasteiger partial charge in [-0.3, -0.25) is 4.68 Å². The molecule has 0 saturated carbocycles. The number of halogens is 1. The summed E-state index contributed by atoms with van der Waals surface area (Å²) in [7, 11) is 0. The van der Waals surface area contributed by atoms with Crippen molar-refractivity contribution in [2.75, 3.05) is 6.61 Å². The number of hydrogen-bond acceptors (Lipinski definition) is 2. The van der Waals surface area contributed by atoms with E-state index in [2.05, 4.69) is 47.7 Å². The van der Waals surface area contributed by atoms with Gasteiger partial charge in [-0.15, -0.1) is 0 Å². The van der Waals surface area contributed by atoms with E-state index >= 15 is 0 Å². The minimum atomic E-state index is 0.644. The molecule has 3 nitrogen and oxygen atoms in total. The van der Waals surface area contributed by atoms with Gasteiger partial charge < -0.3 is 4.74 Å². The molecule has 0 aliphatic rings. The average molecular weight is 308 g/mol. The summed E-state index contributed by atoms with van der Waals surface area (Å²) in [6.07, 6.45) is 4.37. The molecule has 14 heavy (non-hydrogen) atoms. The van der Waals surface area contributed by atoms with Crippen LogP contribution in [0.3, 0.4) is 0 Å². The molecule has 0 radical (unpaired) electrons. The van der Waals surface area contributed by atoms with Gasteiger partial charge >= 0.3 is 0 Å². The van der Waals surface area contributed by atoms with Gasteiger partial charge in [-0.2, -0.15) is 5.10 Å². The van der Waals surface area contributed by atoms with Crippen LogP contribution in [0.25, 0.3) is 0 Å². The van der Waals surface area contributed by atoms with Crippen LogP contribution in [-0.4, -0.2) is 16.4 Å². The van der Waals surface area contributed by atoms with Gasteiger partial charge in [0.05, 0.1) is 10.2 Å². The third-order valence-electron chi connectivity index (χ3n) is 1.99. The second-order valence-electron chi connectivity index (χ2n) is 3.19. The molecule has 0 amide bonds. The van der Waals surface area contributed by atoms with Crippen molar-refractivity contribution in [2.45, 2.75) is 39.8 Å². The van der Waals surface area contributed by atoms with E-state index in [0.717, 1.165) is 25.3 Å². The molecule has 1 heterocycles. The lowest BCUT2D eigenvalue weighted by Gasteiger charge is -2.00. The number of nitrogens with zero attached hydrogens (tertiary/aromatic N) is 2. The van der Waals surface area contributed by atoms with Crippen molar-refractivity contribution in [3.8, 4) is 0 Å². The number of rotatable bonds is 6. The fourth-order valence-electron chi connectivity index (χ4n) is 1.11. The molecule has 1 aromatic rings. The Hall–Kier alpha value is -0.100. The predicted octanol–water partition coefficient (Wildman–Crippen LogP) is 2.82. The molecule has 0 atom stereocenters. The molecule has 80 valence electrons. The van der Waals surface area contributed by atoms with Crippen LogP contribution in [0.15, 0.2) is 6.20 Å². The highest BCUT2D eigenvalue weighted by molar-refractivity contribution is 14.1. The number of aromatic nitrogens is 2. The fraction of sp³-hybridized carbons (Fsp3) is 0.700. The molecule has 0 saturated heterocycles. The van der Waals surface area contributed by atoms with Crippen molar-refractivity contribution >= 4 is 22.6 Å². The molecule has 0 bridgehead atoms. The molecular formula is C10H17IN2O. The molecule has 0 spiro atoms. The molecule has 1 rings (SSSR count). The first-order valence-corrected chi connectivity index (χ1v) is 6.15. The molecule has 0 unspecified atom stereocenters. The zero-order chi connectivity index (χ0) is 10.4. The smallest absolute Gasteiger partial charge is 0.101 e. The SMILES string of the molecule is CCCCOCc1nn(CC)cc1I. The summed E-state index contributed by atoms with van der Waals surface area (Å²) in [6.45, 7) is 6.66. The minimum absolute atomic E-state index is 0.644. The lowest BCUT2D eigenvalue weighted by Crippen LogP contribution is -1.99. The lowest BCUT2D eigenvalue weighted by atomic mass is 10.4. The van der Waals surface area contributed by atoms with E-state index in [1.54, 1.807) is 0 Å². The Kier molecular flexibility index (Phi) is 5.47. The Morgan fingerprint density at radius 1 is 1.50 bits per heavy atom. The molecular weight excluding hydrogens is 291 g/mol. The molecule has 0 N–H and O–H groups in total. The second-order valence-corrected chi connectivity index (χ2v) is 4.35. The zero-order valence-corrected chi connectivity index (χ0v) is 11.0. The Labute approximate surface area is 99.0 Å². The molecule has 0 aliphatic heterocycles. The van der Waals surface area contributed by atoms with Crippen LogP contribution in [0.4, 0.5) is 0 Å². The number of hydrogen-bond donors (Lipinski definition) is 0. The Bertz CT molecular complexity index is 273. The Balaban J connectivity index is 2.38. The first-order chi connectivity index (χ1) is 6.77. The summed E-state index contributed by atoms with van der Waals surface area (Å²) in [5.74, 6) is 0. The van der Waals surface area contributed by atoms with Gasteiger partial charge in [-0.1, -0.05) is 13.3 Å². The van der Waals surface area contributed by atoms with Crippen molar-refractivity contribution < 1.29 is 4.74 Å². The van der Waals surface area contributed by atoms with Gasteiger partial charge in [-0.05, 0) is 35.9 Å². The minimum Gasteiger partial charge on any atom is -0.375 e. The van der Waals surface area contributed by atoms with Gasteiger partial charge in [0.2, 0.25) is 0 Å². The Morgan fingerprint density at radius 3 is 2.86 bits per heavy atom. The van der Waals surface area contributed by atoms with Crippen LogP contribution >= 0.6 is 22.6 Å². The second kappa shape index (κ2) is 6.40. The van der Waals surface area contributed by atoms with Crippen LogP contribution in [-0.2, 0) is 17.9 Å². The number of unbranched alkanes of at least 4 members (excludes halogenated alkanes) is 1. The molecule has 0 aliphatic carbocycles. The molecule has 0 aromatic carbocycles. The van der Waals surface area contributed by atoms with Gasteiger partial charge in [0, 0.05) is 19.3 Å². The molecule has 1 aromatic heterocycles. The topological polar surface area (TPSA) is 27.1 Å². The predicted molar refractivity (Wildman–Crippen MR) is 65.2 cm³/mol. The van der Waals surface area contributed by atoms with Crippen LogP contribution in [0.1, 0.15) is 32.4 Å². The van der Waals surface area contributed by atoms with Crippen LogP contribution in [0.2, 0.25) is 0 Å². The summed E-state index contributed by atoms with van der Waals surface area (Å²) < 4.78 is 8.66. The maximum absolute atomic E-state index is 5.52. The fourth-order valence-corrected chi connectivity index (χ4v) is 1.70. The van der Waals surface area contributed by atoms with Crippen molar-refractivity contribution in [3.63, 3.8) is 0 Å². The van der Waals surface area contributed by atoms with E-state index in [0.29, 0.717) is 6.61 Å². The summed E-state index contributed by atoms with van der Waals surface area (Å²) in [5.41, 5.74) is 1.06. The zero-order valence-electron chi connectivity index (χ0n) is 8.79. The van der Waals surface area contributed by atoms with E-state index in [4.69, 9.17) is 4.74 Å². The van der Waals surface area contributed by atoms with Crippen molar-refractivity contribution in [1.29, 1.82) is 0 Å². The van der Waals surface area contributed by atoms with Gasteiger partial charge in [0.1, 0.15) is 5.69 Å². The normalized spacial score (nSPS) is 10.8. The standard InChI is InChI=1S/C10H17IN2O/c1-3-5-6-14-8-10-9(11)7-13(4-2)12-10/h7H,3-6,8H2,1-2H3. The molecule has 4 heteroatoms. The summed E-state index contributed by atoms with van der Waals surface area (Å²) in [6, 6.07) is 0. The van der Waals surface area contributed by atoms with Gasteiger partial charge in [0.25, 0.3) is 0 Å². The summed E-state index contributed by atoms with van der Waals surface area (Å²) in [5, 5.41) is 4.41. The van der Waals surface area contributed by atoms with E-state index in [-0.39, 0.29) is 0 Å². The highest BCUT2D eigenvalue weighted by atomic mass is 127. The quantitative estimate of drug-likeness (QED) is 0.597. The van der Waals surface area contributed by atoms with Crippen molar-refractivity contribution in [1.82, 2.24) is 9.78 Å². The third kappa shape index (κ3) is 3.57. The average Bonchev–Trinajstić information content (AvgIpc) is 2.54. The maximum atomic E-state index is 5.52. The van der Waals surface area contributed by atoms with Gasteiger partial charge in [-0.25, -0.2) is 0 Å². The molecule has 0 fully saturated rings. The number of aryl methyl sites for hydroxylation is 1. The van der Waals surface area contributed by atoms with Crippen LogP contribution < -0.4 is 0 Å². The Morgan fingerprint density at radius 2 is 2.29 bits per heavy atom. The van der Waals surface area contributed by atoms with Gasteiger partial charge in [0.15, 0.2) is 0 Å². The van der Waals surface area contributed by atoms with Crippen LogP contribution in [0, 0.1) is 3.57 Å². The van der Waals surface area contributed by atoms with E-state index in [1.165, 1.54) is 9.99 Å². The highest BCUT2D eigenvalue weighted by Crippen LogP contribution is 2.11. The first-order valence-electron chi connectivity index (χ1n) is 5.07. The van der Waals surface area contributed by atoms with Crippen LogP contribution in [0.5, 0.6) is 0 Å². The van der Waals surface area contributed by atoms with E-state index in [1.807, 2.05) is 4.68 Å². The first kappa shape index (κ1) is 12.0. The highest BCUT2D eigenvalue weighted by Gasteiger charge is 2.04. The van der Waals surface area contributed by atoms with E-state index < -0.39 is 0 Å². The third-order valence-corrected chi connectivity index (χ3v) is 2.89. The van der Waals surface area contributed by atoms with Crippen molar-refractivity contribution in [3.05, 3.63) is 15.5 Å². The number of ether oxygens (including phenoxy) is 1. The summed E-state index contributed by atoms with van der Waals surface area (Å²) >= 11 is 2.30.